The number of hydrogen-bond acceptors (Lipinski definition) is 8. The molecular weight excluding hydrogens is 564 g/mol. The Bertz CT molecular complexity index is 1450. The summed E-state index contributed by atoms with van der Waals surface area (Å²) in [5, 5.41) is 29.8. The highest BCUT2D eigenvalue weighted by Crippen LogP contribution is 2.16. The average molecular weight is 589 g/mol. The molecule has 38 heavy (non-hydrogen) atoms. The van der Waals surface area contributed by atoms with E-state index in [-0.39, 0.29) is 57.8 Å². The van der Waals surface area contributed by atoms with Gasteiger partial charge in [0.1, 0.15) is 17.1 Å². The Morgan fingerprint density at radius 1 is 0.842 bits per heavy atom. The summed E-state index contributed by atoms with van der Waals surface area (Å²) in [6.07, 6.45) is 0.207. The van der Waals surface area contributed by atoms with Crippen molar-refractivity contribution in [3.8, 4) is 0 Å². The van der Waals surface area contributed by atoms with Crippen LogP contribution in [0.4, 0.5) is 17.5 Å². The number of hydrogen-bond donors (Lipinski definition) is 6. The molecule has 0 unspecified atom stereocenters. The van der Waals surface area contributed by atoms with Gasteiger partial charge in [0, 0.05) is 52.3 Å². The van der Waals surface area contributed by atoms with Crippen LogP contribution in [0.1, 0.15) is 37.9 Å². The number of carbonyl (C=O) groups is 4. The van der Waals surface area contributed by atoms with Crippen molar-refractivity contribution in [3.05, 3.63) is 46.3 Å². The first-order chi connectivity index (χ1) is 17.8. The minimum Gasteiger partial charge on any atom is -0.388 e. The number of nitrogens with zero attached hydrogens (tertiary/aromatic N) is 6. The van der Waals surface area contributed by atoms with Gasteiger partial charge in [0.25, 0.3) is 23.6 Å². The van der Waals surface area contributed by atoms with Crippen LogP contribution >= 0.6 is 15.9 Å². The highest BCUT2D eigenvalue weighted by Gasteiger charge is 2.20. The van der Waals surface area contributed by atoms with Gasteiger partial charge in [-0.3, -0.25) is 38.6 Å². The minimum atomic E-state index is -0.581. The Morgan fingerprint density at radius 3 is 1.63 bits per heavy atom. The summed E-state index contributed by atoms with van der Waals surface area (Å²) in [5.41, 5.74) is 5.70. The minimum absolute atomic E-state index is 0.0505. The maximum atomic E-state index is 12.8. The number of aryl methyl sites for hydroxylation is 3. The molecule has 0 spiro atoms. The van der Waals surface area contributed by atoms with E-state index in [4.69, 9.17) is 11.1 Å². The first-order valence-corrected chi connectivity index (χ1v) is 11.7. The summed E-state index contributed by atoms with van der Waals surface area (Å²) in [6, 6.07) is 4.12. The molecule has 0 saturated heterocycles. The monoisotopic (exact) mass is 588 g/mol. The smallest absolute Gasteiger partial charge is 0.275 e. The van der Waals surface area contributed by atoms with Gasteiger partial charge in [0.15, 0.2) is 17.5 Å². The maximum Gasteiger partial charge on any atom is 0.275 e. The Hall–Kier alpha value is -4.80. The molecule has 7 N–H and O–H groups in total. The molecule has 0 saturated carbocycles. The van der Waals surface area contributed by atoms with Crippen molar-refractivity contribution in [3.63, 3.8) is 0 Å². The molecule has 16 nitrogen and oxygen atoms in total. The molecule has 3 aromatic rings. The summed E-state index contributed by atoms with van der Waals surface area (Å²) in [4.78, 5) is 49.6. The Kier molecular flexibility index (Phi) is 8.41. The van der Waals surface area contributed by atoms with E-state index in [0.717, 1.165) is 0 Å². The van der Waals surface area contributed by atoms with Crippen molar-refractivity contribution >= 4 is 62.8 Å². The lowest BCUT2D eigenvalue weighted by Gasteiger charge is -2.03. The Morgan fingerprint density at radius 2 is 1.24 bits per heavy atom. The van der Waals surface area contributed by atoms with Crippen molar-refractivity contribution in [2.75, 3.05) is 22.5 Å². The van der Waals surface area contributed by atoms with Crippen LogP contribution in [0.5, 0.6) is 0 Å². The molecule has 0 aliphatic heterocycles. The highest BCUT2D eigenvalue weighted by molar-refractivity contribution is 9.12. The van der Waals surface area contributed by atoms with E-state index in [1.165, 1.54) is 46.3 Å². The van der Waals surface area contributed by atoms with E-state index in [1.54, 1.807) is 7.05 Å². The number of carbonyl (C=O) groups excluding carboxylic acids is 4. The van der Waals surface area contributed by atoms with E-state index in [0.29, 0.717) is 0 Å². The normalized spacial score (nSPS) is 10.5. The zero-order valence-electron chi connectivity index (χ0n) is 20.6. The van der Waals surface area contributed by atoms with Crippen molar-refractivity contribution in [2.24, 2.45) is 26.9 Å². The van der Waals surface area contributed by atoms with Gasteiger partial charge in [-0.1, -0.05) is 6.58 Å². The van der Waals surface area contributed by atoms with Crippen LogP contribution in [-0.4, -0.2) is 65.4 Å². The lowest BCUT2D eigenvalue weighted by atomic mass is 10.3. The molecule has 17 heteroatoms. The maximum absolute atomic E-state index is 12.8. The van der Waals surface area contributed by atoms with Crippen LogP contribution in [-0.2, 0) is 25.9 Å². The molecule has 0 aliphatic carbocycles. The molecule has 3 heterocycles. The number of halogens is 1. The van der Waals surface area contributed by atoms with Gasteiger partial charge < -0.3 is 27.0 Å². The van der Waals surface area contributed by atoms with Crippen LogP contribution in [0.15, 0.2) is 29.3 Å². The molecular formula is C21H25BrN12O4. The second-order valence-corrected chi connectivity index (χ2v) is 8.87. The van der Waals surface area contributed by atoms with Crippen molar-refractivity contribution in [1.82, 2.24) is 34.7 Å². The third-order valence-corrected chi connectivity index (χ3v) is 5.35. The number of rotatable bonds is 10. The fourth-order valence-electron chi connectivity index (χ4n) is 3.17. The van der Waals surface area contributed by atoms with Crippen molar-refractivity contribution in [1.29, 1.82) is 5.41 Å². The number of anilines is 3. The van der Waals surface area contributed by atoms with Gasteiger partial charge in [0.2, 0.25) is 0 Å². The lowest BCUT2D eigenvalue weighted by Crippen LogP contribution is -2.29. The molecule has 0 radical (unpaired) electrons. The molecule has 3 aromatic heterocycles. The van der Waals surface area contributed by atoms with Gasteiger partial charge in [-0.15, -0.1) is 0 Å². The number of aromatic nitrogens is 6. The van der Waals surface area contributed by atoms with Gasteiger partial charge >= 0.3 is 0 Å². The Balaban J connectivity index is 1.66. The number of nitrogens with one attached hydrogen (secondary N) is 5. The van der Waals surface area contributed by atoms with Crippen LogP contribution < -0.4 is 27.0 Å². The lowest BCUT2D eigenvalue weighted by molar-refractivity contribution is -0.112. The fourth-order valence-corrected chi connectivity index (χ4v) is 3.27. The van der Waals surface area contributed by atoms with Gasteiger partial charge in [-0.05, 0) is 15.9 Å². The van der Waals surface area contributed by atoms with E-state index in [2.05, 4.69) is 59.1 Å². The predicted octanol–water partition coefficient (Wildman–Crippen LogP) is 0.295. The molecule has 4 amide bonds. The van der Waals surface area contributed by atoms with Gasteiger partial charge in [-0.25, -0.2) is 0 Å². The SMILES string of the molecule is C=C(Br)C(=O)Nc1cc(C(=O)Nc2cc(C(=O)Nc3cc(C(=O)NCCC(=N)N)n(C)n3)n(C)n2)n(C)n1. The average Bonchev–Trinajstić information content (AvgIpc) is 3.49. The third kappa shape index (κ3) is 6.69. The molecule has 0 aliphatic rings. The van der Waals surface area contributed by atoms with Crippen molar-refractivity contribution < 1.29 is 19.2 Å². The largest absolute Gasteiger partial charge is 0.388 e. The third-order valence-electron chi connectivity index (χ3n) is 4.99. The number of nitrogens with two attached hydrogens (primary N) is 1. The van der Waals surface area contributed by atoms with E-state index in [9.17, 15) is 19.2 Å². The van der Waals surface area contributed by atoms with Gasteiger partial charge in [0.05, 0.1) is 10.3 Å². The standard InChI is InChI=1S/C21H25BrN12O4/c1-10(22)18(35)26-15-8-12(33(3)29-15)20(37)28-17-9-13(34(4)31-17)21(38)27-16-7-11(32(2)30-16)19(36)25-6-5-14(23)24/h7-9H,1,5-6H2,2-4H3,(H3,23,24)(H,25,36)(H,26,29,35)(H,27,30,38)(H,28,31,37). The summed E-state index contributed by atoms with van der Waals surface area (Å²) in [5.74, 6) is -1.80. The summed E-state index contributed by atoms with van der Waals surface area (Å²) in [7, 11) is 4.58. The van der Waals surface area contributed by atoms with E-state index in [1.807, 2.05) is 0 Å². The summed E-state index contributed by atoms with van der Waals surface area (Å²) < 4.78 is 3.93. The molecule has 200 valence electrons. The molecule has 0 bridgehead atoms. The Labute approximate surface area is 224 Å². The van der Waals surface area contributed by atoms with Gasteiger partial charge in [-0.2, -0.15) is 15.3 Å². The van der Waals surface area contributed by atoms with Crippen LogP contribution in [0.25, 0.3) is 0 Å². The zero-order valence-corrected chi connectivity index (χ0v) is 22.2. The predicted molar refractivity (Wildman–Crippen MR) is 141 cm³/mol. The highest BCUT2D eigenvalue weighted by atomic mass is 79.9. The second-order valence-electron chi connectivity index (χ2n) is 7.91. The molecule has 0 atom stereocenters. The zero-order chi connectivity index (χ0) is 28.1. The topological polar surface area (TPSA) is 220 Å². The second kappa shape index (κ2) is 11.5. The first kappa shape index (κ1) is 27.8. The van der Waals surface area contributed by atoms with E-state index >= 15 is 0 Å². The van der Waals surface area contributed by atoms with Crippen LogP contribution in [0.3, 0.4) is 0 Å². The molecule has 3 rings (SSSR count). The molecule has 0 fully saturated rings. The number of amides is 4. The first-order valence-electron chi connectivity index (χ1n) is 10.9. The number of amidine groups is 1. The summed E-state index contributed by atoms with van der Waals surface area (Å²) in [6.45, 7) is 3.65. The van der Waals surface area contributed by atoms with Crippen LogP contribution in [0.2, 0.25) is 0 Å². The van der Waals surface area contributed by atoms with Crippen LogP contribution in [0, 0.1) is 5.41 Å². The van der Waals surface area contributed by atoms with Crippen molar-refractivity contribution in [2.45, 2.75) is 6.42 Å². The molecule has 0 aromatic carbocycles. The fraction of sp³-hybridized carbons (Fsp3) is 0.238. The quantitative estimate of drug-likeness (QED) is 0.109. The summed E-state index contributed by atoms with van der Waals surface area (Å²) >= 11 is 2.96. The van der Waals surface area contributed by atoms with E-state index < -0.39 is 23.6 Å².